The number of hydrogen-bond acceptors (Lipinski definition) is 4. The van der Waals surface area contributed by atoms with E-state index in [0.29, 0.717) is 5.56 Å². The largest absolute Gasteiger partial charge is 0.506 e. The van der Waals surface area contributed by atoms with Crippen LogP contribution in [0.2, 0.25) is 0 Å². The van der Waals surface area contributed by atoms with Gasteiger partial charge in [0.1, 0.15) is 5.75 Å². The molecule has 1 heterocycles. The van der Waals surface area contributed by atoms with Gasteiger partial charge in [-0.1, -0.05) is 6.07 Å². The second-order valence-corrected chi connectivity index (χ2v) is 3.85. The van der Waals surface area contributed by atoms with Crippen LogP contribution in [0, 0.1) is 0 Å². The van der Waals surface area contributed by atoms with Crippen molar-refractivity contribution in [2.24, 2.45) is 0 Å². The first-order valence-corrected chi connectivity index (χ1v) is 5.45. The molecular weight excluding hydrogens is 250 g/mol. The highest BCUT2D eigenvalue weighted by Crippen LogP contribution is 2.25. The monoisotopic (exact) mass is 261 g/mol. The summed E-state index contributed by atoms with van der Waals surface area (Å²) >= 11 is 0. The molecule has 1 aromatic heterocycles. The average Bonchev–Trinajstić information content (AvgIpc) is 2.86. The maximum Gasteiger partial charge on any atom is 0.307 e. The van der Waals surface area contributed by atoms with Gasteiger partial charge < -0.3 is 19.9 Å². The van der Waals surface area contributed by atoms with Gasteiger partial charge in [-0.05, 0) is 29.8 Å². The summed E-state index contributed by atoms with van der Waals surface area (Å²) in [5.74, 6) is -1.56. The molecule has 19 heavy (non-hydrogen) atoms. The average molecular weight is 261 g/mol. The summed E-state index contributed by atoms with van der Waals surface area (Å²) in [7, 11) is 0. The fourth-order valence-corrected chi connectivity index (χ4v) is 1.56. The molecular formula is C13H11NO5. The van der Waals surface area contributed by atoms with Crippen LogP contribution >= 0.6 is 0 Å². The number of amides is 1. The molecule has 0 unspecified atom stereocenters. The van der Waals surface area contributed by atoms with E-state index in [4.69, 9.17) is 9.52 Å². The number of carbonyl (C=O) groups excluding carboxylic acids is 1. The number of rotatable bonds is 4. The van der Waals surface area contributed by atoms with Gasteiger partial charge in [0.05, 0.1) is 18.4 Å². The molecule has 1 amide bonds. The normalized spacial score (nSPS) is 10.1. The van der Waals surface area contributed by atoms with Crippen molar-refractivity contribution in [1.82, 2.24) is 0 Å². The molecule has 0 atom stereocenters. The van der Waals surface area contributed by atoms with Crippen LogP contribution < -0.4 is 5.32 Å². The van der Waals surface area contributed by atoms with Crippen LogP contribution in [-0.2, 0) is 11.2 Å². The molecule has 0 aliphatic heterocycles. The summed E-state index contributed by atoms with van der Waals surface area (Å²) in [6, 6.07) is 7.26. The van der Waals surface area contributed by atoms with Gasteiger partial charge in [0, 0.05) is 0 Å². The topological polar surface area (TPSA) is 99.8 Å². The van der Waals surface area contributed by atoms with Crippen LogP contribution in [0.3, 0.4) is 0 Å². The Morgan fingerprint density at radius 1 is 1.26 bits per heavy atom. The molecule has 2 rings (SSSR count). The summed E-state index contributed by atoms with van der Waals surface area (Å²) in [5.41, 5.74) is 0.611. The van der Waals surface area contributed by atoms with E-state index >= 15 is 0 Å². The SMILES string of the molecule is O=C(O)Cc1ccc(O)c(NC(=O)c2ccco2)c1. The highest BCUT2D eigenvalue weighted by atomic mass is 16.4. The minimum atomic E-state index is -0.992. The molecule has 0 spiro atoms. The molecule has 0 aliphatic rings. The van der Waals surface area contributed by atoms with Gasteiger partial charge in [-0.25, -0.2) is 0 Å². The van der Waals surface area contributed by atoms with Gasteiger partial charge in [0.2, 0.25) is 0 Å². The third-order valence-electron chi connectivity index (χ3n) is 2.41. The number of hydrogen-bond donors (Lipinski definition) is 3. The predicted octanol–water partition coefficient (Wildman–Crippen LogP) is 1.86. The summed E-state index contributed by atoms with van der Waals surface area (Å²) in [6.07, 6.45) is 1.17. The van der Waals surface area contributed by atoms with E-state index in [1.165, 1.54) is 30.5 Å². The van der Waals surface area contributed by atoms with Crippen molar-refractivity contribution in [1.29, 1.82) is 0 Å². The molecule has 98 valence electrons. The van der Waals surface area contributed by atoms with Crippen LogP contribution in [0.25, 0.3) is 0 Å². The molecule has 0 radical (unpaired) electrons. The van der Waals surface area contributed by atoms with E-state index in [1.54, 1.807) is 6.07 Å². The number of nitrogens with one attached hydrogen (secondary N) is 1. The zero-order valence-corrected chi connectivity index (χ0v) is 9.79. The Morgan fingerprint density at radius 2 is 2.05 bits per heavy atom. The second kappa shape index (κ2) is 5.26. The Morgan fingerprint density at radius 3 is 2.68 bits per heavy atom. The van der Waals surface area contributed by atoms with Crippen molar-refractivity contribution in [3.63, 3.8) is 0 Å². The van der Waals surface area contributed by atoms with Crippen LogP contribution in [0.15, 0.2) is 41.0 Å². The lowest BCUT2D eigenvalue weighted by Crippen LogP contribution is -2.11. The summed E-state index contributed by atoms with van der Waals surface area (Å²) in [6.45, 7) is 0. The third kappa shape index (κ3) is 3.12. The van der Waals surface area contributed by atoms with Crippen molar-refractivity contribution < 1.29 is 24.2 Å². The number of furan rings is 1. The van der Waals surface area contributed by atoms with Crippen molar-refractivity contribution in [3.8, 4) is 5.75 Å². The quantitative estimate of drug-likeness (QED) is 0.729. The maximum atomic E-state index is 11.7. The van der Waals surface area contributed by atoms with Crippen LogP contribution in [0.5, 0.6) is 5.75 Å². The van der Waals surface area contributed by atoms with Crippen molar-refractivity contribution >= 4 is 17.6 Å². The molecule has 2 aromatic rings. The Labute approximate surface area is 108 Å². The number of anilines is 1. The molecule has 6 nitrogen and oxygen atoms in total. The van der Waals surface area contributed by atoms with Crippen LogP contribution in [-0.4, -0.2) is 22.1 Å². The number of carbonyl (C=O) groups is 2. The highest BCUT2D eigenvalue weighted by molar-refractivity contribution is 6.03. The number of phenols is 1. The first kappa shape index (κ1) is 12.7. The Hall–Kier alpha value is -2.76. The van der Waals surface area contributed by atoms with Gasteiger partial charge >= 0.3 is 5.97 Å². The fourth-order valence-electron chi connectivity index (χ4n) is 1.56. The van der Waals surface area contributed by atoms with Gasteiger partial charge in [-0.2, -0.15) is 0 Å². The molecule has 0 aliphatic carbocycles. The van der Waals surface area contributed by atoms with E-state index in [-0.39, 0.29) is 23.6 Å². The Bertz CT molecular complexity index is 604. The van der Waals surface area contributed by atoms with Gasteiger partial charge in [-0.15, -0.1) is 0 Å². The van der Waals surface area contributed by atoms with Gasteiger partial charge in [0.25, 0.3) is 5.91 Å². The molecule has 6 heteroatoms. The predicted molar refractivity (Wildman–Crippen MR) is 66.1 cm³/mol. The number of benzene rings is 1. The van der Waals surface area contributed by atoms with E-state index in [9.17, 15) is 14.7 Å². The number of phenolic OH excluding ortho intramolecular Hbond substituents is 1. The minimum Gasteiger partial charge on any atom is -0.506 e. The van der Waals surface area contributed by atoms with Crippen molar-refractivity contribution in [3.05, 3.63) is 47.9 Å². The number of aliphatic carboxylic acids is 1. The zero-order chi connectivity index (χ0) is 13.8. The molecule has 0 bridgehead atoms. The number of carboxylic acids is 1. The molecule has 3 N–H and O–H groups in total. The maximum absolute atomic E-state index is 11.7. The summed E-state index contributed by atoms with van der Waals surface area (Å²) in [4.78, 5) is 22.3. The van der Waals surface area contributed by atoms with E-state index in [2.05, 4.69) is 5.32 Å². The summed E-state index contributed by atoms with van der Waals surface area (Å²) in [5, 5.41) is 20.8. The van der Waals surface area contributed by atoms with Crippen molar-refractivity contribution in [2.45, 2.75) is 6.42 Å². The number of aromatic hydroxyl groups is 1. The third-order valence-corrected chi connectivity index (χ3v) is 2.41. The van der Waals surface area contributed by atoms with Gasteiger partial charge in [-0.3, -0.25) is 9.59 Å². The lowest BCUT2D eigenvalue weighted by molar-refractivity contribution is -0.136. The van der Waals surface area contributed by atoms with Crippen LogP contribution in [0.4, 0.5) is 5.69 Å². The van der Waals surface area contributed by atoms with Crippen LogP contribution in [0.1, 0.15) is 16.1 Å². The smallest absolute Gasteiger partial charge is 0.307 e. The van der Waals surface area contributed by atoms with E-state index in [1.807, 2.05) is 0 Å². The molecule has 0 fully saturated rings. The molecule has 0 saturated carbocycles. The number of carboxylic acid groups (broad SMARTS) is 1. The fraction of sp³-hybridized carbons (Fsp3) is 0.0769. The van der Waals surface area contributed by atoms with E-state index in [0.717, 1.165) is 0 Å². The summed E-state index contributed by atoms with van der Waals surface area (Å²) < 4.78 is 4.91. The highest BCUT2D eigenvalue weighted by Gasteiger charge is 2.12. The standard InChI is InChI=1S/C13H11NO5/c15-10-4-3-8(7-12(16)17)6-9(10)14-13(18)11-2-1-5-19-11/h1-6,15H,7H2,(H,14,18)(H,16,17). The van der Waals surface area contributed by atoms with Crippen molar-refractivity contribution in [2.75, 3.05) is 5.32 Å². The Kier molecular flexibility index (Phi) is 3.51. The van der Waals surface area contributed by atoms with E-state index < -0.39 is 11.9 Å². The Balaban J connectivity index is 2.19. The lowest BCUT2D eigenvalue weighted by Gasteiger charge is -2.07. The molecule has 0 saturated heterocycles. The first-order chi connectivity index (χ1) is 9.06. The lowest BCUT2D eigenvalue weighted by atomic mass is 10.1. The zero-order valence-electron chi connectivity index (χ0n) is 9.79. The molecule has 1 aromatic carbocycles. The first-order valence-electron chi connectivity index (χ1n) is 5.45. The van der Waals surface area contributed by atoms with Gasteiger partial charge in [0.15, 0.2) is 5.76 Å². The minimum absolute atomic E-state index is 0.100. The second-order valence-electron chi connectivity index (χ2n) is 3.85.